The first-order chi connectivity index (χ1) is 22.7. The number of fused-ring (bicyclic) bond motifs is 4. The molecule has 4 nitrogen and oxygen atoms in total. The molecule has 48 heavy (non-hydrogen) atoms. The summed E-state index contributed by atoms with van der Waals surface area (Å²) in [7, 11) is 0. The van der Waals surface area contributed by atoms with Crippen LogP contribution in [0.4, 0.5) is 0 Å². The summed E-state index contributed by atoms with van der Waals surface area (Å²) in [5, 5.41) is 16.3. The van der Waals surface area contributed by atoms with E-state index >= 15 is 0 Å². The van der Waals surface area contributed by atoms with Gasteiger partial charge in [0.05, 0.1) is 0 Å². The number of benzene rings is 4. The van der Waals surface area contributed by atoms with Gasteiger partial charge in [0.25, 0.3) is 0 Å². The van der Waals surface area contributed by atoms with E-state index in [0.717, 1.165) is 53.2 Å². The van der Waals surface area contributed by atoms with Crippen LogP contribution >= 0.6 is 0 Å². The van der Waals surface area contributed by atoms with E-state index in [2.05, 4.69) is 95.6 Å². The number of aliphatic hydroxyl groups excluding tert-OH is 1. The molecule has 1 N–H and O–H groups in total. The van der Waals surface area contributed by atoms with Crippen molar-refractivity contribution in [3.8, 4) is 5.69 Å². The summed E-state index contributed by atoms with van der Waals surface area (Å²) in [6, 6.07) is 33.8. The average Bonchev–Trinajstić information content (AvgIpc) is 3.45. The van der Waals surface area contributed by atoms with Crippen molar-refractivity contribution < 1.29 is 30.0 Å². The van der Waals surface area contributed by atoms with Gasteiger partial charge >= 0.3 is 179 Å². The van der Waals surface area contributed by atoms with Crippen molar-refractivity contribution in [2.75, 3.05) is 0 Å². The molecule has 4 aromatic carbocycles. The quantitative estimate of drug-likeness (QED) is 0.0716. The molecule has 0 bridgehead atoms. The number of aliphatic hydroxyl groups is 1. The van der Waals surface area contributed by atoms with Crippen molar-refractivity contribution in [1.82, 2.24) is 9.55 Å². The first-order valence-corrected chi connectivity index (χ1v) is 18.5. The maximum absolute atomic E-state index is 12.2. The molecule has 3 aromatic heterocycles. The van der Waals surface area contributed by atoms with Gasteiger partial charge in [-0.15, -0.1) is 0 Å². The predicted molar refractivity (Wildman–Crippen MR) is 200 cm³/mol. The summed E-state index contributed by atoms with van der Waals surface area (Å²) in [4.78, 5) is 17.2. The number of rotatable bonds is 8. The molecule has 0 aliphatic heterocycles. The predicted octanol–water partition coefficient (Wildman–Crippen LogP) is 11.1. The van der Waals surface area contributed by atoms with Crippen LogP contribution in [-0.4, -0.2) is 34.9 Å². The number of pyridine rings is 1. The van der Waals surface area contributed by atoms with Crippen LogP contribution in [0.15, 0.2) is 103 Å². The monoisotopic (exact) mass is 880 g/mol. The van der Waals surface area contributed by atoms with Gasteiger partial charge in [-0.05, 0) is 25.7 Å². The molecule has 0 saturated carbocycles. The van der Waals surface area contributed by atoms with Crippen LogP contribution in [0.2, 0.25) is 0 Å². The van der Waals surface area contributed by atoms with Crippen LogP contribution in [0, 0.1) is 16.9 Å². The minimum atomic E-state index is -0.337. The van der Waals surface area contributed by atoms with Gasteiger partial charge in [-0.1, -0.05) is 41.5 Å². The zero-order chi connectivity index (χ0) is 33.3. The van der Waals surface area contributed by atoms with E-state index in [1.807, 2.05) is 47.7 Å². The number of ketones is 1. The molecule has 0 amide bonds. The van der Waals surface area contributed by atoms with Gasteiger partial charge in [-0.3, -0.25) is 4.79 Å². The number of para-hydroxylation sites is 1. The Balaban J connectivity index is 0.000000218. The van der Waals surface area contributed by atoms with Crippen LogP contribution in [0.25, 0.3) is 57.7 Å². The summed E-state index contributed by atoms with van der Waals surface area (Å²) in [5.74, 6) is 0.286. The van der Waals surface area contributed by atoms with E-state index in [9.17, 15) is 9.90 Å². The van der Waals surface area contributed by atoms with Crippen molar-refractivity contribution in [1.29, 1.82) is 0 Å². The molecule has 0 unspecified atom stereocenters. The first kappa shape index (κ1) is 35.8. The molecule has 3 heterocycles. The Bertz CT molecular complexity index is 2260. The average molecular weight is 879 g/mol. The Morgan fingerprint density at radius 3 is 2.17 bits per heavy atom. The van der Waals surface area contributed by atoms with Gasteiger partial charge in [0.2, 0.25) is 0 Å². The van der Waals surface area contributed by atoms with Crippen molar-refractivity contribution in [3.05, 3.63) is 109 Å². The first-order valence-electron chi connectivity index (χ1n) is 16.7. The van der Waals surface area contributed by atoms with E-state index in [4.69, 9.17) is 4.98 Å². The van der Waals surface area contributed by atoms with Crippen molar-refractivity contribution >= 4 is 72.3 Å². The normalized spacial score (nSPS) is 12.4. The second-order valence-corrected chi connectivity index (χ2v) is 15.3. The van der Waals surface area contributed by atoms with E-state index in [1.165, 1.54) is 36.3 Å². The third-order valence-electron chi connectivity index (χ3n) is 10.5. The van der Waals surface area contributed by atoms with Gasteiger partial charge in [-0.2, -0.15) is 0 Å². The van der Waals surface area contributed by atoms with E-state index < -0.39 is 0 Å². The number of allylic oxidation sites excluding steroid dienone is 2. The van der Waals surface area contributed by atoms with Crippen LogP contribution in [-0.2, 0) is 24.9 Å². The molecule has 7 rings (SSSR count). The topological polar surface area (TPSA) is 55.1 Å². The van der Waals surface area contributed by atoms with Gasteiger partial charge in [0.1, 0.15) is 5.76 Å². The Morgan fingerprint density at radius 1 is 0.833 bits per heavy atom. The third kappa shape index (κ3) is 6.21. The third-order valence-corrected chi connectivity index (χ3v) is 12.9. The van der Waals surface area contributed by atoms with E-state index in [1.54, 1.807) is 0 Å². The Kier molecular flexibility index (Phi) is 10.8. The molecule has 1 radical (unpaired) electrons. The van der Waals surface area contributed by atoms with Gasteiger partial charge in [-0.25, -0.2) is 0 Å². The molecule has 0 saturated heterocycles. The van der Waals surface area contributed by atoms with Crippen LogP contribution < -0.4 is 0 Å². The fourth-order valence-corrected chi connectivity index (χ4v) is 8.75. The Morgan fingerprint density at radius 2 is 1.48 bits per heavy atom. The zero-order valence-corrected chi connectivity index (χ0v) is 32.7. The molecular weight excluding hydrogens is 836 g/mol. The standard InChI is InChI=1S/C27H15N2Se.C15H28O2.Ir/c1-2-9-18(10-3-1)29-21-13-7-15-23-25(21)24-20(12-6-14-22(24)30-23)26-27(29)19-11-5-4-8-17(19)16-28-26;1-7-14(5,8-2)12(16)11-13(17)15(6,9-3)10-4;/h1-11,13-16H;11,16H,7-10H2,1-6H3;/q-1;;/b;12-11-;. The van der Waals surface area contributed by atoms with Crippen LogP contribution in [0.5, 0.6) is 0 Å². The number of carbonyl (C=O) groups excluding carboxylic acids is 1. The summed E-state index contributed by atoms with van der Waals surface area (Å²) in [6.45, 7) is 12.1. The van der Waals surface area contributed by atoms with Gasteiger partial charge < -0.3 is 5.11 Å². The van der Waals surface area contributed by atoms with E-state index in [-0.39, 0.29) is 42.5 Å². The molecule has 7 aromatic rings. The second-order valence-electron chi connectivity index (χ2n) is 13.0. The number of aromatic nitrogens is 2. The number of nitrogens with zero attached hydrogens (tertiary/aromatic N) is 2. The van der Waals surface area contributed by atoms with Crippen LogP contribution in [0.1, 0.15) is 67.2 Å². The second kappa shape index (κ2) is 14.5. The van der Waals surface area contributed by atoms with Gasteiger partial charge in [0.15, 0.2) is 5.78 Å². The Labute approximate surface area is 303 Å². The fourth-order valence-electron chi connectivity index (χ4n) is 6.37. The zero-order valence-electron chi connectivity index (χ0n) is 28.6. The fraction of sp³-hybridized carbons (Fsp3) is 0.286. The van der Waals surface area contributed by atoms with Crippen molar-refractivity contribution in [3.63, 3.8) is 0 Å². The molecule has 0 aliphatic rings. The number of hydrogen-bond acceptors (Lipinski definition) is 3. The molecule has 6 heteroatoms. The molecule has 249 valence electrons. The molecule has 0 aliphatic carbocycles. The molecule has 0 fully saturated rings. The SMILES string of the molecule is CCC(C)(CC)C(=O)/C=C(\O)C(C)(CC)CC.[Ir].[c-]1ccc2[se]c3cccc4c3c2c1c1ncc2ccccc2c1n4-c1ccccc1. The summed E-state index contributed by atoms with van der Waals surface area (Å²) in [5.41, 5.74) is 3.93. The molecule has 0 atom stereocenters. The molecular formula is C42H43IrN2O2Se-. The summed E-state index contributed by atoms with van der Waals surface area (Å²) in [6.07, 6.45) is 6.76. The van der Waals surface area contributed by atoms with Crippen molar-refractivity contribution in [2.45, 2.75) is 67.2 Å². The summed E-state index contributed by atoms with van der Waals surface area (Å²) < 4.78 is 5.27. The maximum atomic E-state index is 12.2. The van der Waals surface area contributed by atoms with E-state index in [0.29, 0.717) is 14.5 Å². The number of hydrogen-bond donors (Lipinski definition) is 1. The van der Waals surface area contributed by atoms with Crippen LogP contribution in [0.3, 0.4) is 0 Å². The van der Waals surface area contributed by atoms with Gasteiger partial charge in [0, 0.05) is 37.0 Å². The Hall–Kier alpha value is -3.53. The summed E-state index contributed by atoms with van der Waals surface area (Å²) >= 11 is 0.307. The number of carbonyl (C=O) groups is 1. The van der Waals surface area contributed by atoms with Crippen molar-refractivity contribution in [2.24, 2.45) is 10.8 Å². The molecule has 0 spiro atoms. The minimum absolute atomic E-state index is 0.